The number of benzene rings is 2. The number of methoxy groups -OCH3 is 1. The van der Waals surface area contributed by atoms with E-state index in [-0.39, 0.29) is 23.5 Å². The highest BCUT2D eigenvalue weighted by Crippen LogP contribution is 2.51. The Balaban J connectivity index is 1.40. The molecule has 45 heavy (non-hydrogen) atoms. The Morgan fingerprint density at radius 3 is 2.56 bits per heavy atom. The fraction of sp³-hybridized carbons (Fsp3) is 0.353. The summed E-state index contributed by atoms with van der Waals surface area (Å²) < 4.78 is 13.4. The molecule has 1 aliphatic carbocycles. The normalized spacial score (nSPS) is 18.9. The van der Waals surface area contributed by atoms with Gasteiger partial charge in [-0.25, -0.2) is 14.8 Å². The number of piperidine rings is 1. The SMILES string of the molecule is C=CC(=O)Nc1cc(Nc2ncc(C(=O)OC(C)C)c(-c3cn(C)c4ccccc34)n2)c(OC)cc1N(C)[C@H]1C2CN(C)C[C@@H]21. The molecule has 1 aliphatic heterocycles. The Hall–Kier alpha value is -4.90. The highest BCUT2D eigenvalue weighted by Gasteiger charge is 2.57. The molecule has 0 spiro atoms. The van der Waals surface area contributed by atoms with Gasteiger partial charge in [0.2, 0.25) is 11.9 Å². The summed E-state index contributed by atoms with van der Waals surface area (Å²) in [7, 11) is 7.76. The molecule has 3 heterocycles. The number of nitrogens with one attached hydrogen (secondary N) is 2. The molecule has 0 bridgehead atoms. The summed E-state index contributed by atoms with van der Waals surface area (Å²) in [5.41, 5.74) is 4.47. The third-order valence-corrected chi connectivity index (χ3v) is 8.67. The second kappa shape index (κ2) is 11.9. The maximum absolute atomic E-state index is 13.2. The molecule has 234 valence electrons. The van der Waals surface area contributed by atoms with E-state index >= 15 is 0 Å². The van der Waals surface area contributed by atoms with Gasteiger partial charge in [-0.2, -0.15) is 0 Å². The van der Waals surface area contributed by atoms with Gasteiger partial charge in [0.15, 0.2) is 0 Å². The number of fused-ring (bicyclic) bond motifs is 2. The van der Waals surface area contributed by atoms with Gasteiger partial charge in [0, 0.05) is 68.2 Å². The number of rotatable bonds is 10. The second-order valence-electron chi connectivity index (χ2n) is 12.1. The quantitative estimate of drug-likeness (QED) is 0.188. The van der Waals surface area contributed by atoms with Crippen molar-refractivity contribution in [2.75, 3.05) is 49.8 Å². The first-order valence-electron chi connectivity index (χ1n) is 15.1. The third kappa shape index (κ3) is 5.71. The molecule has 3 atom stereocenters. The Morgan fingerprint density at radius 2 is 1.87 bits per heavy atom. The summed E-state index contributed by atoms with van der Waals surface area (Å²) in [6.45, 7) is 9.35. The minimum atomic E-state index is -0.505. The van der Waals surface area contributed by atoms with E-state index in [0.717, 1.165) is 35.2 Å². The van der Waals surface area contributed by atoms with Crippen LogP contribution in [0.5, 0.6) is 5.75 Å². The molecule has 2 aromatic heterocycles. The Bertz CT molecular complexity index is 1790. The van der Waals surface area contributed by atoms with E-state index in [2.05, 4.69) is 46.1 Å². The van der Waals surface area contributed by atoms with Gasteiger partial charge in [-0.3, -0.25) is 4.79 Å². The third-order valence-electron chi connectivity index (χ3n) is 8.67. The summed E-state index contributed by atoms with van der Waals surface area (Å²) in [4.78, 5) is 39.6. The first-order chi connectivity index (χ1) is 21.6. The number of aromatic nitrogens is 3. The van der Waals surface area contributed by atoms with Crippen LogP contribution in [0.2, 0.25) is 0 Å². The number of amides is 1. The van der Waals surface area contributed by atoms with Crippen molar-refractivity contribution in [1.29, 1.82) is 0 Å². The van der Waals surface area contributed by atoms with E-state index in [1.54, 1.807) is 21.0 Å². The molecule has 2 fully saturated rings. The molecular formula is C34H39N7O4. The van der Waals surface area contributed by atoms with Gasteiger partial charge in [-0.15, -0.1) is 0 Å². The number of esters is 1. The first kappa shape index (κ1) is 30.1. The lowest BCUT2D eigenvalue weighted by Crippen LogP contribution is -2.31. The Labute approximate surface area is 262 Å². The summed E-state index contributed by atoms with van der Waals surface area (Å²) in [5, 5.41) is 7.19. The van der Waals surface area contributed by atoms with Crippen molar-refractivity contribution in [3.63, 3.8) is 0 Å². The van der Waals surface area contributed by atoms with E-state index in [1.165, 1.54) is 12.3 Å². The predicted molar refractivity (Wildman–Crippen MR) is 176 cm³/mol. The molecule has 6 rings (SSSR count). The molecule has 2 N–H and O–H groups in total. The molecule has 1 amide bonds. The highest BCUT2D eigenvalue weighted by molar-refractivity contribution is 6.04. The van der Waals surface area contributed by atoms with Gasteiger partial charge in [0.05, 0.1) is 36.0 Å². The lowest BCUT2D eigenvalue weighted by Gasteiger charge is -2.27. The van der Waals surface area contributed by atoms with Crippen molar-refractivity contribution >= 4 is 45.8 Å². The fourth-order valence-corrected chi connectivity index (χ4v) is 6.58. The maximum atomic E-state index is 13.2. The molecule has 2 aromatic carbocycles. The molecule has 2 aliphatic rings. The predicted octanol–water partition coefficient (Wildman–Crippen LogP) is 5.07. The topological polar surface area (TPSA) is 114 Å². The number of carbonyl (C=O) groups is 2. The van der Waals surface area contributed by atoms with Crippen LogP contribution in [0.25, 0.3) is 22.2 Å². The molecule has 0 radical (unpaired) electrons. The van der Waals surface area contributed by atoms with Crippen LogP contribution in [0.1, 0.15) is 24.2 Å². The van der Waals surface area contributed by atoms with Crippen molar-refractivity contribution in [2.45, 2.75) is 26.0 Å². The number of aryl methyl sites for hydroxylation is 1. The monoisotopic (exact) mass is 609 g/mol. The Kier molecular flexibility index (Phi) is 7.96. The summed E-state index contributed by atoms with van der Waals surface area (Å²) in [6, 6.07) is 12.0. The average molecular weight is 610 g/mol. The van der Waals surface area contributed by atoms with E-state index < -0.39 is 5.97 Å². The zero-order chi connectivity index (χ0) is 32.0. The molecule has 4 aromatic rings. The van der Waals surface area contributed by atoms with Crippen LogP contribution < -0.4 is 20.3 Å². The number of para-hydroxylation sites is 1. The van der Waals surface area contributed by atoms with Gasteiger partial charge in [0.1, 0.15) is 11.3 Å². The highest BCUT2D eigenvalue weighted by atomic mass is 16.5. The maximum Gasteiger partial charge on any atom is 0.342 e. The number of carbonyl (C=O) groups excluding carboxylic acids is 2. The van der Waals surface area contributed by atoms with Gasteiger partial charge >= 0.3 is 5.97 Å². The van der Waals surface area contributed by atoms with Crippen LogP contribution in [0.4, 0.5) is 23.0 Å². The summed E-state index contributed by atoms with van der Waals surface area (Å²) in [5.74, 6) is 1.16. The van der Waals surface area contributed by atoms with Crippen molar-refractivity contribution in [3.8, 4) is 17.0 Å². The molecule has 1 saturated carbocycles. The minimum absolute atomic E-state index is 0.249. The Morgan fingerprint density at radius 1 is 1.13 bits per heavy atom. The number of likely N-dealkylation sites (tertiary alicyclic amines) is 1. The standard InChI is InChI=1S/C34H39N7O4/c1-8-30(42)36-25-13-26(29(44-7)14-28(25)41(6)32-23-16-39(4)17-24(23)32)37-34-35-15-21(33(43)45-19(2)3)31(38-34)22-18-40(5)27-12-10-9-11-20(22)27/h8-15,18-19,23-24,32H,1,16-17H2,2-7H3,(H,36,42)(H,35,37,38)/t23-,24?,32+/m0/s1. The first-order valence-corrected chi connectivity index (χ1v) is 15.1. The fourth-order valence-electron chi connectivity index (χ4n) is 6.58. The minimum Gasteiger partial charge on any atom is -0.494 e. The van der Waals surface area contributed by atoms with Crippen LogP contribution >= 0.6 is 0 Å². The van der Waals surface area contributed by atoms with Gasteiger partial charge in [-0.05, 0) is 50.9 Å². The molecule has 11 nitrogen and oxygen atoms in total. The van der Waals surface area contributed by atoms with Gasteiger partial charge < -0.3 is 34.5 Å². The van der Waals surface area contributed by atoms with Gasteiger partial charge in [-0.1, -0.05) is 24.8 Å². The van der Waals surface area contributed by atoms with Crippen molar-refractivity contribution in [2.24, 2.45) is 18.9 Å². The molecular weight excluding hydrogens is 570 g/mol. The number of hydrogen-bond acceptors (Lipinski definition) is 9. The zero-order valence-electron chi connectivity index (χ0n) is 26.5. The molecule has 11 heteroatoms. The molecule has 1 unspecified atom stereocenters. The zero-order valence-corrected chi connectivity index (χ0v) is 26.5. The van der Waals surface area contributed by atoms with Crippen LogP contribution in [-0.4, -0.2) is 77.8 Å². The number of ether oxygens (including phenoxy) is 2. The van der Waals surface area contributed by atoms with E-state index in [4.69, 9.17) is 14.5 Å². The summed E-state index contributed by atoms with van der Waals surface area (Å²) in [6.07, 6.45) is 4.37. The number of anilines is 4. The van der Waals surface area contributed by atoms with Crippen LogP contribution in [0, 0.1) is 11.8 Å². The van der Waals surface area contributed by atoms with Crippen molar-refractivity contribution < 1.29 is 19.1 Å². The van der Waals surface area contributed by atoms with Crippen molar-refractivity contribution in [3.05, 3.63) is 67.0 Å². The average Bonchev–Trinajstić information content (AvgIpc) is 3.34. The largest absolute Gasteiger partial charge is 0.494 e. The second-order valence-corrected chi connectivity index (χ2v) is 12.1. The van der Waals surface area contributed by atoms with Crippen LogP contribution in [0.3, 0.4) is 0 Å². The lowest BCUT2D eigenvalue weighted by molar-refractivity contribution is -0.111. The smallest absolute Gasteiger partial charge is 0.342 e. The van der Waals surface area contributed by atoms with Gasteiger partial charge in [0.25, 0.3) is 0 Å². The van der Waals surface area contributed by atoms with Crippen molar-refractivity contribution in [1.82, 2.24) is 19.4 Å². The molecule has 1 saturated heterocycles. The summed E-state index contributed by atoms with van der Waals surface area (Å²) >= 11 is 0. The van der Waals surface area contributed by atoms with E-state index in [0.29, 0.717) is 40.7 Å². The van der Waals surface area contributed by atoms with E-state index in [1.807, 2.05) is 54.2 Å². The lowest BCUT2D eigenvalue weighted by atomic mass is 10.1. The van der Waals surface area contributed by atoms with Crippen LogP contribution in [-0.2, 0) is 16.6 Å². The number of hydrogen-bond donors (Lipinski definition) is 2. The number of nitrogens with zero attached hydrogens (tertiary/aromatic N) is 5. The van der Waals surface area contributed by atoms with E-state index in [9.17, 15) is 9.59 Å². The van der Waals surface area contributed by atoms with Crippen LogP contribution in [0.15, 0.2) is 61.4 Å².